The highest BCUT2D eigenvalue weighted by atomic mass is 16.5. The van der Waals surface area contributed by atoms with Crippen LogP contribution in [0, 0.1) is 57.2 Å². The SMILES string of the molecule is C=CC.CC(=O)OCC12CCC(C)C1C1CCC3C4(C)CCC(=O)C(C)C4CCC3(C)[C@]1(C)CC2.CO. The predicted octanol–water partition coefficient (Wildman–Crippen LogP) is 7.63. The van der Waals surface area contributed by atoms with Crippen LogP contribution in [0.2, 0.25) is 0 Å². The number of carbonyl (C=O) groups excluding carboxylic acids is 2. The highest BCUT2D eigenvalue weighted by Gasteiger charge is 2.69. The highest BCUT2D eigenvalue weighted by molar-refractivity contribution is 5.82. The third-order valence-corrected chi connectivity index (χ3v) is 12.9. The molecule has 5 aliphatic carbocycles. The maximum Gasteiger partial charge on any atom is 0.302 e. The second-order valence-corrected chi connectivity index (χ2v) is 14.1. The van der Waals surface area contributed by atoms with Crippen molar-refractivity contribution in [2.45, 2.75) is 113 Å². The van der Waals surface area contributed by atoms with E-state index in [4.69, 9.17) is 9.84 Å². The lowest BCUT2D eigenvalue weighted by Gasteiger charge is -2.71. The first-order valence-electron chi connectivity index (χ1n) is 15.1. The standard InChI is InChI=1S/C29H46O3.C3H6.CH4O/c1-18-9-14-29(17-32-20(3)30)16-15-27(5)22(25(18)29)7-8-24-26(4)12-11-23(31)19(2)21(26)10-13-28(24,27)6;1-3-2;1-2/h18-19,21-22,24-25H,7-17H2,1-6H3;3H,1H2,2H3;2H,1H3/t18?,19?,21?,22?,24?,25?,26?,27-,28?,29?;;/m1../s1. The van der Waals surface area contributed by atoms with Gasteiger partial charge in [0.1, 0.15) is 5.78 Å². The molecule has 0 aliphatic heterocycles. The molecule has 0 saturated heterocycles. The molecule has 0 aromatic carbocycles. The fourth-order valence-electron chi connectivity index (χ4n) is 11.0. The Bertz CT molecular complexity index is 851. The van der Waals surface area contributed by atoms with Crippen molar-refractivity contribution in [2.75, 3.05) is 13.7 Å². The lowest BCUT2D eigenvalue weighted by Crippen LogP contribution is -2.65. The van der Waals surface area contributed by atoms with E-state index >= 15 is 0 Å². The molecule has 0 radical (unpaired) electrons. The van der Waals surface area contributed by atoms with E-state index in [9.17, 15) is 9.59 Å². The molecule has 0 heterocycles. The zero-order valence-corrected chi connectivity index (χ0v) is 25.2. The minimum absolute atomic E-state index is 0.117. The summed E-state index contributed by atoms with van der Waals surface area (Å²) in [6.45, 7) is 20.1. The molecule has 5 aliphatic rings. The lowest BCUT2D eigenvalue weighted by molar-refractivity contribution is -0.231. The van der Waals surface area contributed by atoms with Gasteiger partial charge in [-0.1, -0.05) is 40.7 Å². The van der Waals surface area contributed by atoms with Crippen molar-refractivity contribution in [1.82, 2.24) is 0 Å². The number of Topliss-reactive ketones (excluding diaryl/α,β-unsaturated/α-hetero) is 1. The van der Waals surface area contributed by atoms with Crippen molar-refractivity contribution in [3.8, 4) is 0 Å². The number of allylic oxidation sites excluding steroid dienone is 1. The van der Waals surface area contributed by atoms with Gasteiger partial charge in [-0.15, -0.1) is 6.58 Å². The van der Waals surface area contributed by atoms with Crippen molar-refractivity contribution >= 4 is 11.8 Å². The number of ketones is 1. The van der Waals surface area contributed by atoms with E-state index in [0.29, 0.717) is 40.5 Å². The third-order valence-electron chi connectivity index (χ3n) is 12.9. The van der Waals surface area contributed by atoms with Crippen LogP contribution in [0.4, 0.5) is 0 Å². The molecular weight excluding hydrogens is 460 g/mol. The number of fused-ring (bicyclic) bond motifs is 7. The van der Waals surface area contributed by atoms with Gasteiger partial charge in [0.25, 0.3) is 0 Å². The molecule has 10 atom stereocenters. The maximum atomic E-state index is 12.6. The molecule has 4 nitrogen and oxygen atoms in total. The Morgan fingerprint density at radius 2 is 1.62 bits per heavy atom. The van der Waals surface area contributed by atoms with Crippen LogP contribution >= 0.6 is 0 Å². The van der Waals surface area contributed by atoms with Gasteiger partial charge in [0.05, 0.1) is 6.61 Å². The number of hydrogen-bond acceptors (Lipinski definition) is 4. The minimum Gasteiger partial charge on any atom is -0.465 e. The quantitative estimate of drug-likeness (QED) is 0.303. The number of aliphatic hydroxyl groups excluding tert-OH is 1. The molecule has 212 valence electrons. The molecule has 1 N–H and O–H groups in total. The smallest absolute Gasteiger partial charge is 0.302 e. The second-order valence-electron chi connectivity index (χ2n) is 14.1. The topological polar surface area (TPSA) is 63.6 Å². The van der Waals surface area contributed by atoms with Gasteiger partial charge < -0.3 is 9.84 Å². The van der Waals surface area contributed by atoms with Crippen LogP contribution in [0.15, 0.2) is 12.7 Å². The summed E-state index contributed by atoms with van der Waals surface area (Å²) in [5, 5.41) is 7.00. The first kappa shape index (κ1) is 30.4. The van der Waals surface area contributed by atoms with Crippen LogP contribution in [-0.2, 0) is 14.3 Å². The number of rotatable bonds is 2. The summed E-state index contributed by atoms with van der Waals surface area (Å²) in [5.41, 5.74) is 1.25. The molecule has 37 heavy (non-hydrogen) atoms. The number of ether oxygens (including phenoxy) is 1. The molecule has 9 unspecified atom stereocenters. The summed E-state index contributed by atoms with van der Waals surface area (Å²) in [6.07, 6.45) is 13.9. The summed E-state index contributed by atoms with van der Waals surface area (Å²) in [6, 6.07) is 0. The molecule has 0 bridgehead atoms. The minimum atomic E-state index is -0.117. The summed E-state index contributed by atoms with van der Waals surface area (Å²) < 4.78 is 5.72. The number of carbonyl (C=O) groups is 2. The van der Waals surface area contributed by atoms with Crippen molar-refractivity contribution in [2.24, 2.45) is 57.2 Å². The number of aliphatic hydroxyl groups is 1. The Kier molecular flexibility index (Phi) is 9.15. The zero-order valence-electron chi connectivity index (χ0n) is 25.2. The van der Waals surface area contributed by atoms with Crippen LogP contribution in [0.1, 0.15) is 113 Å². The molecule has 0 aromatic rings. The Morgan fingerprint density at radius 3 is 2.24 bits per heavy atom. The first-order valence-corrected chi connectivity index (χ1v) is 15.1. The van der Waals surface area contributed by atoms with E-state index in [1.807, 2.05) is 6.92 Å². The number of esters is 1. The van der Waals surface area contributed by atoms with Gasteiger partial charge in [0, 0.05) is 31.8 Å². The van der Waals surface area contributed by atoms with Crippen LogP contribution in [0.5, 0.6) is 0 Å². The normalized spacial score (nSPS) is 47.9. The third kappa shape index (κ3) is 4.66. The molecule has 4 heteroatoms. The van der Waals surface area contributed by atoms with E-state index in [2.05, 4.69) is 41.2 Å². The molecule has 0 aromatic heterocycles. The van der Waals surface area contributed by atoms with E-state index in [-0.39, 0.29) is 17.3 Å². The van der Waals surface area contributed by atoms with Gasteiger partial charge >= 0.3 is 5.97 Å². The summed E-state index contributed by atoms with van der Waals surface area (Å²) >= 11 is 0. The Morgan fingerprint density at radius 1 is 0.973 bits per heavy atom. The zero-order chi connectivity index (χ0) is 27.8. The largest absolute Gasteiger partial charge is 0.465 e. The number of hydrogen-bond donors (Lipinski definition) is 1. The van der Waals surface area contributed by atoms with Gasteiger partial charge in [-0.05, 0) is 111 Å². The van der Waals surface area contributed by atoms with Gasteiger partial charge in [-0.25, -0.2) is 0 Å². The summed E-state index contributed by atoms with van der Waals surface area (Å²) in [7, 11) is 1.00. The van der Waals surface area contributed by atoms with Crippen molar-refractivity contribution in [1.29, 1.82) is 0 Å². The molecule has 5 rings (SSSR count). The maximum absolute atomic E-state index is 12.6. The van der Waals surface area contributed by atoms with Crippen LogP contribution in [0.3, 0.4) is 0 Å². The van der Waals surface area contributed by atoms with Crippen molar-refractivity contribution in [3.63, 3.8) is 0 Å². The van der Waals surface area contributed by atoms with Gasteiger partial charge in [0.15, 0.2) is 0 Å². The van der Waals surface area contributed by atoms with Crippen molar-refractivity contribution in [3.05, 3.63) is 12.7 Å². The van der Waals surface area contributed by atoms with Crippen LogP contribution < -0.4 is 0 Å². The van der Waals surface area contributed by atoms with E-state index in [1.54, 1.807) is 13.0 Å². The summed E-state index contributed by atoms with van der Waals surface area (Å²) in [5.74, 6) is 4.14. The van der Waals surface area contributed by atoms with E-state index in [1.165, 1.54) is 51.4 Å². The predicted molar refractivity (Wildman–Crippen MR) is 151 cm³/mol. The Labute approximate surface area is 227 Å². The highest BCUT2D eigenvalue weighted by Crippen LogP contribution is 2.76. The van der Waals surface area contributed by atoms with Crippen molar-refractivity contribution < 1.29 is 19.4 Å². The molecule has 5 saturated carbocycles. The molecule has 0 amide bonds. The van der Waals surface area contributed by atoms with Crippen LogP contribution in [-0.4, -0.2) is 30.6 Å². The second kappa shape index (κ2) is 11.1. The Hall–Kier alpha value is -1.16. The monoisotopic (exact) mass is 516 g/mol. The fourth-order valence-corrected chi connectivity index (χ4v) is 11.0. The fraction of sp³-hybridized carbons (Fsp3) is 0.879. The first-order chi connectivity index (χ1) is 17.4. The van der Waals surface area contributed by atoms with E-state index < -0.39 is 0 Å². The van der Waals surface area contributed by atoms with Gasteiger partial charge in [0.2, 0.25) is 0 Å². The average molecular weight is 517 g/mol. The van der Waals surface area contributed by atoms with Crippen LogP contribution in [0.25, 0.3) is 0 Å². The van der Waals surface area contributed by atoms with E-state index in [0.717, 1.165) is 37.7 Å². The summed E-state index contributed by atoms with van der Waals surface area (Å²) in [4.78, 5) is 24.3. The van der Waals surface area contributed by atoms with Gasteiger partial charge in [-0.2, -0.15) is 0 Å². The molecule has 5 fully saturated rings. The van der Waals surface area contributed by atoms with Gasteiger partial charge in [-0.3, -0.25) is 9.59 Å². The Balaban J connectivity index is 0.000000711. The lowest BCUT2D eigenvalue weighted by atomic mass is 9.33. The average Bonchev–Trinajstić information content (AvgIpc) is 3.19. The molecule has 0 spiro atoms. The molecular formula is C33H56O4.